The molecule has 0 aliphatic rings. The van der Waals surface area contributed by atoms with Gasteiger partial charge in [-0.05, 0) is 36.8 Å². The molecule has 0 saturated heterocycles. The van der Waals surface area contributed by atoms with Crippen LogP contribution >= 0.6 is 0 Å². The van der Waals surface area contributed by atoms with Gasteiger partial charge >= 0.3 is 0 Å². The third kappa shape index (κ3) is 4.70. The van der Waals surface area contributed by atoms with E-state index in [4.69, 9.17) is 9.47 Å². The lowest BCUT2D eigenvalue weighted by atomic mass is 10.1. The number of aromatic nitrogens is 1. The highest BCUT2D eigenvalue weighted by atomic mass is 16.5. The molecule has 0 aliphatic carbocycles. The molecule has 3 aromatic rings. The maximum Gasteiger partial charge on any atom is 0.257 e. The number of para-hydroxylation sites is 1. The van der Waals surface area contributed by atoms with Crippen LogP contribution in [0.1, 0.15) is 26.3 Å². The molecule has 0 aliphatic heterocycles. The van der Waals surface area contributed by atoms with Gasteiger partial charge in [0.1, 0.15) is 11.5 Å². The SMILES string of the molecule is COc1ccc(OC)c(NC(=O)c2cncc(C(=O)Nc3ccccc3C)c2)c1. The summed E-state index contributed by atoms with van der Waals surface area (Å²) in [7, 11) is 3.05. The molecule has 3 rings (SSSR count). The number of rotatable bonds is 6. The van der Waals surface area contributed by atoms with Crippen LogP contribution in [0, 0.1) is 6.92 Å². The smallest absolute Gasteiger partial charge is 0.257 e. The number of aryl methyl sites for hydroxylation is 1. The highest BCUT2D eigenvalue weighted by Crippen LogP contribution is 2.29. The first kappa shape index (κ1) is 19.9. The number of pyridine rings is 1. The highest BCUT2D eigenvalue weighted by Gasteiger charge is 2.15. The van der Waals surface area contributed by atoms with Crippen molar-refractivity contribution in [2.24, 2.45) is 0 Å². The minimum Gasteiger partial charge on any atom is -0.497 e. The zero-order valence-electron chi connectivity index (χ0n) is 16.4. The van der Waals surface area contributed by atoms with Crippen molar-refractivity contribution in [2.45, 2.75) is 6.92 Å². The van der Waals surface area contributed by atoms with Crippen LogP contribution in [-0.2, 0) is 0 Å². The number of ether oxygens (including phenoxy) is 2. The van der Waals surface area contributed by atoms with Gasteiger partial charge < -0.3 is 20.1 Å². The Balaban J connectivity index is 1.79. The maximum absolute atomic E-state index is 12.7. The summed E-state index contributed by atoms with van der Waals surface area (Å²) in [5.74, 6) is 0.293. The highest BCUT2D eigenvalue weighted by molar-refractivity contribution is 6.09. The van der Waals surface area contributed by atoms with Crippen molar-refractivity contribution >= 4 is 23.2 Å². The van der Waals surface area contributed by atoms with Crippen molar-refractivity contribution < 1.29 is 19.1 Å². The number of anilines is 2. The first-order valence-electron chi connectivity index (χ1n) is 8.87. The zero-order chi connectivity index (χ0) is 20.8. The van der Waals surface area contributed by atoms with Crippen molar-refractivity contribution in [2.75, 3.05) is 24.9 Å². The second-order valence-corrected chi connectivity index (χ2v) is 6.25. The fourth-order valence-corrected chi connectivity index (χ4v) is 2.70. The molecule has 2 N–H and O–H groups in total. The third-order valence-corrected chi connectivity index (χ3v) is 4.31. The average Bonchev–Trinajstić information content (AvgIpc) is 2.75. The lowest BCUT2D eigenvalue weighted by Gasteiger charge is -2.12. The van der Waals surface area contributed by atoms with Crippen LogP contribution in [0.5, 0.6) is 11.5 Å². The Bertz CT molecular complexity index is 1050. The van der Waals surface area contributed by atoms with Crippen LogP contribution in [-0.4, -0.2) is 31.0 Å². The molecule has 29 heavy (non-hydrogen) atoms. The van der Waals surface area contributed by atoms with Crippen molar-refractivity contribution in [3.05, 3.63) is 77.6 Å². The van der Waals surface area contributed by atoms with Gasteiger partial charge in [0.15, 0.2) is 0 Å². The zero-order valence-corrected chi connectivity index (χ0v) is 16.4. The van der Waals surface area contributed by atoms with E-state index in [0.29, 0.717) is 22.9 Å². The van der Waals surface area contributed by atoms with E-state index in [1.54, 1.807) is 18.2 Å². The fraction of sp³-hybridized carbons (Fsp3) is 0.136. The lowest BCUT2D eigenvalue weighted by Crippen LogP contribution is -2.17. The summed E-state index contributed by atoms with van der Waals surface area (Å²) in [6, 6.07) is 14.0. The van der Waals surface area contributed by atoms with Crippen molar-refractivity contribution in [1.29, 1.82) is 0 Å². The van der Waals surface area contributed by atoms with Crippen molar-refractivity contribution in [3.8, 4) is 11.5 Å². The topological polar surface area (TPSA) is 89.6 Å². The second kappa shape index (κ2) is 8.88. The number of hydrogen-bond donors (Lipinski definition) is 2. The fourth-order valence-electron chi connectivity index (χ4n) is 2.70. The third-order valence-electron chi connectivity index (χ3n) is 4.31. The minimum absolute atomic E-state index is 0.243. The maximum atomic E-state index is 12.7. The minimum atomic E-state index is -0.422. The van der Waals surface area contributed by atoms with Crippen LogP contribution in [0.3, 0.4) is 0 Å². The van der Waals surface area contributed by atoms with Gasteiger partial charge in [-0.1, -0.05) is 18.2 Å². The molecule has 0 unspecified atom stereocenters. The molecular weight excluding hydrogens is 370 g/mol. The number of methoxy groups -OCH3 is 2. The molecule has 2 amide bonds. The molecule has 148 valence electrons. The van der Waals surface area contributed by atoms with Gasteiger partial charge in [0.2, 0.25) is 0 Å². The van der Waals surface area contributed by atoms with E-state index in [0.717, 1.165) is 5.56 Å². The summed E-state index contributed by atoms with van der Waals surface area (Å²) < 4.78 is 10.5. The molecule has 1 aromatic heterocycles. The molecule has 7 heteroatoms. The standard InChI is InChI=1S/C22H21N3O4/c1-14-6-4-5-7-18(14)24-21(26)15-10-16(13-23-12-15)22(27)25-19-11-17(28-2)8-9-20(19)29-3/h4-13H,1-3H3,(H,24,26)(H,25,27). The molecule has 0 saturated carbocycles. The van der Waals surface area contributed by atoms with E-state index >= 15 is 0 Å². The number of nitrogens with one attached hydrogen (secondary N) is 2. The van der Waals surface area contributed by atoms with Crippen molar-refractivity contribution in [1.82, 2.24) is 4.98 Å². The summed E-state index contributed by atoms with van der Waals surface area (Å²) >= 11 is 0. The molecule has 7 nitrogen and oxygen atoms in total. The van der Waals surface area contributed by atoms with Gasteiger partial charge in [-0.25, -0.2) is 0 Å². The number of nitrogens with zero attached hydrogens (tertiary/aromatic N) is 1. The summed E-state index contributed by atoms with van der Waals surface area (Å²) in [6.45, 7) is 1.90. The first-order chi connectivity index (χ1) is 14.0. The molecule has 0 atom stereocenters. The Kier molecular flexibility index (Phi) is 6.09. The molecule has 0 spiro atoms. The molecule has 0 bridgehead atoms. The van der Waals surface area contributed by atoms with Crippen LogP contribution in [0.25, 0.3) is 0 Å². The van der Waals surface area contributed by atoms with Gasteiger partial charge in [-0.15, -0.1) is 0 Å². The predicted molar refractivity (Wildman–Crippen MR) is 111 cm³/mol. The Labute approximate surface area is 168 Å². The van der Waals surface area contributed by atoms with Gasteiger partial charge in [0.25, 0.3) is 11.8 Å². The molecular formula is C22H21N3O4. The summed E-state index contributed by atoms with van der Waals surface area (Å²) in [4.78, 5) is 29.3. The molecule has 0 fully saturated rings. The van der Waals surface area contributed by atoms with Gasteiger partial charge in [0.05, 0.1) is 31.0 Å². The van der Waals surface area contributed by atoms with E-state index in [1.165, 1.54) is 32.7 Å². The number of amides is 2. The van der Waals surface area contributed by atoms with E-state index in [1.807, 2.05) is 31.2 Å². The summed E-state index contributed by atoms with van der Waals surface area (Å²) in [6.07, 6.45) is 2.81. The van der Waals surface area contributed by atoms with E-state index in [-0.39, 0.29) is 17.0 Å². The van der Waals surface area contributed by atoms with Crippen LogP contribution in [0.15, 0.2) is 60.9 Å². The molecule has 0 radical (unpaired) electrons. The Morgan fingerprint density at radius 1 is 0.828 bits per heavy atom. The quantitative estimate of drug-likeness (QED) is 0.665. The van der Waals surface area contributed by atoms with E-state index in [2.05, 4.69) is 15.6 Å². The van der Waals surface area contributed by atoms with E-state index in [9.17, 15) is 9.59 Å². The average molecular weight is 391 g/mol. The Morgan fingerprint density at radius 2 is 1.48 bits per heavy atom. The van der Waals surface area contributed by atoms with Gasteiger partial charge in [0, 0.05) is 24.1 Å². The van der Waals surface area contributed by atoms with Crippen LogP contribution in [0.2, 0.25) is 0 Å². The van der Waals surface area contributed by atoms with E-state index < -0.39 is 5.91 Å². The molecule has 2 aromatic carbocycles. The summed E-state index contributed by atoms with van der Waals surface area (Å²) in [5, 5.41) is 5.59. The number of carbonyl (C=O) groups is 2. The summed E-state index contributed by atoms with van der Waals surface area (Å²) in [5.41, 5.74) is 2.61. The van der Waals surface area contributed by atoms with Gasteiger partial charge in [-0.3, -0.25) is 14.6 Å². The van der Waals surface area contributed by atoms with Crippen molar-refractivity contribution in [3.63, 3.8) is 0 Å². The van der Waals surface area contributed by atoms with Gasteiger partial charge in [-0.2, -0.15) is 0 Å². The number of hydrogen-bond acceptors (Lipinski definition) is 5. The second-order valence-electron chi connectivity index (χ2n) is 6.25. The molecule has 1 heterocycles. The van der Waals surface area contributed by atoms with Crippen LogP contribution < -0.4 is 20.1 Å². The predicted octanol–water partition coefficient (Wildman–Crippen LogP) is 3.91. The normalized spacial score (nSPS) is 10.2. The largest absolute Gasteiger partial charge is 0.497 e. The Morgan fingerprint density at radius 3 is 2.10 bits per heavy atom. The number of carbonyl (C=O) groups excluding carboxylic acids is 2. The Hall–Kier alpha value is -3.87. The van der Waals surface area contributed by atoms with Crippen LogP contribution in [0.4, 0.5) is 11.4 Å². The first-order valence-corrected chi connectivity index (χ1v) is 8.87. The lowest BCUT2D eigenvalue weighted by molar-refractivity contribution is 0.102. The monoisotopic (exact) mass is 391 g/mol. The number of benzene rings is 2.